The highest BCUT2D eigenvalue weighted by Crippen LogP contribution is 2.37. The Labute approximate surface area is 826 Å². The van der Waals surface area contributed by atoms with Crippen LogP contribution in [0.4, 0.5) is 52.7 Å². The van der Waals surface area contributed by atoms with Crippen molar-refractivity contribution in [2.45, 2.75) is 127 Å². The van der Waals surface area contributed by atoms with Gasteiger partial charge < -0.3 is 75.1 Å². The van der Waals surface area contributed by atoms with Crippen LogP contribution in [0.25, 0.3) is 22.3 Å². The number of benzene rings is 8. The molecule has 12 aromatic rings. The standard InChI is InChI=1S/C52H56O12.C44H50N4.4CHF3O3S/c1-5-13-45(14-6-1)61-37-41-33-49-50(34-42(41)38-62-46-15-7-2-8-16-46)58-30-26-54-23-24-56-28-32-60-52-36-44(40-64-48-19-11-4-12-20-48)43(39-63-47-17-9-3-10-18-47)35-51(52)59-31-27-55-22-21-53-25-29-57-49;1-43(2,3)41-11-7-35(8-12-41)33-47-27-19-39(20-28-47)37-15-23-45(24-16-37)31-32-46-25-17-38(18-26-46)40-21-29-48(30-22-40)34-36-9-13-42(14-10-36)44(4,5)6;4*2-1(3,4)8(5,6)7/h1-20,33-36H,21-32,37-40H2;7-30H,31-34H2,1-6H3;4*(H,5,6,7)/q;+4;;;;/p-4. The van der Waals surface area contributed by atoms with E-state index < -0.39 is 62.5 Å². The molecule has 5 heterocycles. The minimum absolute atomic E-state index is 0.181. The normalized spacial score (nSPS) is 13.6. The molecule has 0 radical (unpaired) electrons. The lowest BCUT2D eigenvalue weighted by Crippen LogP contribution is -2.43. The Morgan fingerprint density at radius 1 is 0.264 bits per heavy atom. The van der Waals surface area contributed by atoms with Crippen molar-refractivity contribution >= 4 is 40.5 Å². The average molecular weight is 2100 g/mol. The van der Waals surface area contributed by atoms with Crippen LogP contribution in [0.1, 0.15) is 86.1 Å². The van der Waals surface area contributed by atoms with Crippen molar-refractivity contribution in [3.63, 3.8) is 0 Å². The zero-order chi connectivity index (χ0) is 105. The van der Waals surface area contributed by atoms with Crippen molar-refractivity contribution in [2.24, 2.45) is 0 Å². The maximum Gasteiger partial charge on any atom is 0.485 e. The summed E-state index contributed by atoms with van der Waals surface area (Å²) in [5.41, 5.74) is -8.32. The van der Waals surface area contributed by atoms with Gasteiger partial charge >= 0.3 is 22.0 Å². The molecule has 0 unspecified atom stereocenters. The number of fused-ring (bicyclic) bond motifs is 2. The Morgan fingerprint density at radius 3 is 0.625 bits per heavy atom. The Balaban J connectivity index is 0.000000274. The third-order valence-electron chi connectivity index (χ3n) is 20.1. The molecule has 0 spiro atoms. The van der Waals surface area contributed by atoms with E-state index in [0.29, 0.717) is 102 Å². The third kappa shape index (κ3) is 41.6. The number of pyridine rings is 4. The van der Waals surface area contributed by atoms with Gasteiger partial charge in [-0.15, -0.1) is 0 Å². The zero-order valence-corrected chi connectivity index (χ0v) is 81.9. The first kappa shape index (κ1) is 117. The predicted octanol–water partition coefficient (Wildman–Crippen LogP) is 17.1. The number of rotatable bonds is 21. The first-order chi connectivity index (χ1) is 67.8. The molecule has 4 aromatic heterocycles. The quantitative estimate of drug-likeness (QED) is 0.0279. The molecular formula is C100H106F12N4O24S4. The van der Waals surface area contributed by atoms with E-state index in [2.05, 4.69) is 206 Å². The molecule has 0 saturated heterocycles. The molecule has 44 heteroatoms. The van der Waals surface area contributed by atoms with Gasteiger partial charge in [0, 0.05) is 59.7 Å². The van der Waals surface area contributed by atoms with Crippen LogP contribution < -0.4 is 56.2 Å². The van der Waals surface area contributed by atoms with Crippen molar-refractivity contribution in [3.05, 3.63) is 337 Å². The van der Waals surface area contributed by atoms with Crippen molar-refractivity contribution in [2.75, 3.05) is 79.3 Å². The number of aryl methyl sites for hydroxylation is 2. The molecule has 0 aliphatic carbocycles. The first-order valence-corrected chi connectivity index (χ1v) is 49.5. The van der Waals surface area contributed by atoms with Gasteiger partial charge in [-0.1, -0.05) is 163 Å². The van der Waals surface area contributed by atoms with Crippen LogP contribution in [0.5, 0.6) is 46.0 Å². The van der Waals surface area contributed by atoms with Crippen LogP contribution in [-0.4, -0.2) is 153 Å². The first-order valence-electron chi connectivity index (χ1n) is 43.9. The van der Waals surface area contributed by atoms with Gasteiger partial charge in [-0.05, 0) is 139 Å². The van der Waals surface area contributed by atoms with Crippen molar-refractivity contribution in [3.8, 4) is 68.2 Å². The van der Waals surface area contributed by atoms with E-state index >= 15 is 0 Å². The number of para-hydroxylation sites is 4. The van der Waals surface area contributed by atoms with Crippen molar-refractivity contribution < 1.29 is 180 Å². The summed E-state index contributed by atoms with van der Waals surface area (Å²) in [7, 11) is -24.4. The monoisotopic (exact) mass is 2100 g/mol. The Kier molecular flexibility index (Phi) is 44.5. The Hall–Kier alpha value is -12.6. The van der Waals surface area contributed by atoms with Gasteiger partial charge in [0.25, 0.3) is 0 Å². The summed E-state index contributed by atoms with van der Waals surface area (Å²) >= 11 is 0. The molecule has 144 heavy (non-hydrogen) atoms. The summed E-state index contributed by atoms with van der Waals surface area (Å²) in [5, 5.41) is 0. The molecule has 0 fully saturated rings. The second-order valence-electron chi connectivity index (χ2n) is 33.0. The van der Waals surface area contributed by atoms with Gasteiger partial charge in [0.1, 0.15) is 75.9 Å². The molecule has 0 N–H and O–H groups in total. The summed E-state index contributed by atoms with van der Waals surface area (Å²) in [5.74, 6) is 5.30. The maximum atomic E-state index is 10.7. The summed E-state index contributed by atoms with van der Waals surface area (Å²) in [6.45, 7) is 22.3. The van der Waals surface area contributed by atoms with Crippen LogP contribution in [0.3, 0.4) is 0 Å². The summed E-state index contributed by atoms with van der Waals surface area (Å²) in [6.07, 6.45) is 17.4. The van der Waals surface area contributed by atoms with E-state index in [4.69, 9.17) is 109 Å². The van der Waals surface area contributed by atoms with Crippen LogP contribution in [-0.2, 0) is 123 Å². The van der Waals surface area contributed by atoms with Gasteiger partial charge in [-0.2, -0.15) is 61.8 Å². The summed E-state index contributed by atoms with van der Waals surface area (Å²) < 4.78 is 318. The van der Waals surface area contributed by atoms with Gasteiger partial charge in [-0.3, -0.25) is 0 Å². The van der Waals surface area contributed by atoms with E-state index in [1.807, 2.05) is 146 Å². The fraction of sp³-hybridized carbons (Fsp3) is 0.320. The Morgan fingerprint density at radius 2 is 0.444 bits per heavy atom. The number of nitrogens with zero attached hydrogens (tertiary/aromatic N) is 4. The van der Waals surface area contributed by atoms with Gasteiger partial charge in [0.2, 0.25) is 13.1 Å². The smallest absolute Gasteiger partial charge is 0.485 e. The molecule has 8 aromatic carbocycles. The molecular weight excluding hydrogens is 2000 g/mol. The fourth-order valence-electron chi connectivity index (χ4n) is 12.5. The number of aromatic nitrogens is 4. The number of hydrogen-bond donors (Lipinski definition) is 0. The van der Waals surface area contributed by atoms with Crippen LogP contribution in [0.15, 0.2) is 292 Å². The average Bonchev–Trinajstić information content (AvgIpc) is 0.824. The largest absolute Gasteiger partial charge is 0.741 e. The van der Waals surface area contributed by atoms with E-state index in [-0.39, 0.29) is 37.3 Å². The molecule has 1 aliphatic rings. The molecule has 1 aliphatic heterocycles. The molecule has 0 bridgehead atoms. The van der Waals surface area contributed by atoms with Crippen LogP contribution in [0, 0.1) is 0 Å². The highest BCUT2D eigenvalue weighted by Gasteiger charge is 2.39. The molecule has 0 amide bonds. The van der Waals surface area contributed by atoms with Gasteiger partial charge in [0.15, 0.2) is 126 Å². The molecule has 28 nitrogen and oxygen atoms in total. The molecule has 13 rings (SSSR count). The number of alkyl halides is 12. The number of hydrogen-bond acceptors (Lipinski definition) is 24. The zero-order valence-electron chi connectivity index (χ0n) is 78.6. The second kappa shape index (κ2) is 54.9. The maximum absolute atomic E-state index is 10.7. The molecule has 0 atom stereocenters. The number of ether oxygens (including phenoxy) is 12. The lowest BCUT2D eigenvalue weighted by atomic mass is 9.87. The highest BCUT2D eigenvalue weighted by molar-refractivity contribution is 7.87. The minimum atomic E-state index is -6.09. The molecule has 0 saturated carbocycles. The van der Waals surface area contributed by atoms with Gasteiger partial charge in [-0.25, -0.2) is 42.8 Å². The topological polar surface area (TPSA) is 355 Å². The minimum Gasteiger partial charge on any atom is -0.741 e. The van der Waals surface area contributed by atoms with Crippen LogP contribution in [0.2, 0.25) is 0 Å². The number of halogens is 12. The van der Waals surface area contributed by atoms with Gasteiger partial charge in [0.05, 0.1) is 52.9 Å². The van der Waals surface area contributed by atoms with Crippen molar-refractivity contribution in [1.82, 2.24) is 0 Å². The van der Waals surface area contributed by atoms with E-state index in [0.717, 1.165) is 71.4 Å². The SMILES string of the molecule is CC(C)(C)c1ccc(C[n+]2ccc(-c3cc[n+](CC[n+]4ccc(-c5cc[n+](Cc6ccc(C(C)(C)C)cc6)cc5)cc4)cc3)cc2)cc1.O=S(=O)([O-])C(F)(F)F.O=S(=O)([O-])C(F)(F)F.O=S(=O)([O-])C(F)(F)F.O=S(=O)([O-])C(F)(F)F.c1ccc(OCc2cc3c(cc2COc2ccccc2)OCCOCCOCCOc2cc(COc4ccccc4)c(COc4ccccc4)cc2OCCOCCOCCO3)cc1. The molecule has 778 valence electrons. The summed E-state index contributed by atoms with van der Waals surface area (Å²) in [4.78, 5) is 0. The fourth-order valence-corrected chi connectivity index (χ4v) is 12.5. The van der Waals surface area contributed by atoms with E-state index in [9.17, 15) is 52.7 Å². The third-order valence-corrected chi connectivity index (χ3v) is 22.4. The Bertz CT molecular complexity index is 5750. The lowest BCUT2D eigenvalue weighted by Gasteiger charge is -2.19. The predicted molar refractivity (Wildman–Crippen MR) is 497 cm³/mol. The highest BCUT2D eigenvalue weighted by atomic mass is 32.2. The lowest BCUT2D eigenvalue weighted by molar-refractivity contribution is -0.778. The summed E-state index contributed by atoms with van der Waals surface area (Å²) in [6, 6.07) is 82.2. The van der Waals surface area contributed by atoms with E-state index in [1.165, 1.54) is 44.5 Å². The second-order valence-corrected chi connectivity index (χ2v) is 38.5. The van der Waals surface area contributed by atoms with Crippen LogP contribution >= 0.6 is 0 Å². The van der Waals surface area contributed by atoms with Crippen molar-refractivity contribution in [1.29, 1.82) is 0 Å². The van der Waals surface area contributed by atoms with E-state index in [1.54, 1.807) is 0 Å².